The van der Waals surface area contributed by atoms with Crippen molar-refractivity contribution in [2.45, 2.75) is 26.2 Å². The predicted octanol–water partition coefficient (Wildman–Crippen LogP) is 2.50. The number of amides is 1. The molecule has 1 amide bonds. The largest absolute Gasteiger partial charge is 0.455 e. The van der Waals surface area contributed by atoms with Crippen LogP contribution in [0.1, 0.15) is 30.2 Å². The Kier molecular flexibility index (Phi) is 3.10. The summed E-state index contributed by atoms with van der Waals surface area (Å²) in [6.45, 7) is 3.90. The molecule has 3 N–H and O–H groups in total. The zero-order valence-corrected chi connectivity index (χ0v) is 11.8. The quantitative estimate of drug-likeness (QED) is 0.906. The Morgan fingerprint density at radius 2 is 1.95 bits per heavy atom. The van der Waals surface area contributed by atoms with Crippen molar-refractivity contribution in [1.82, 2.24) is 0 Å². The van der Waals surface area contributed by atoms with Crippen LogP contribution in [0.2, 0.25) is 0 Å². The van der Waals surface area contributed by atoms with Gasteiger partial charge < -0.3 is 24.9 Å². The highest BCUT2D eigenvalue weighted by Crippen LogP contribution is 2.40. The van der Waals surface area contributed by atoms with E-state index in [0.717, 1.165) is 0 Å². The van der Waals surface area contributed by atoms with Crippen LogP contribution >= 0.6 is 0 Å². The Bertz CT molecular complexity index is 691. The first-order chi connectivity index (χ1) is 9.97. The van der Waals surface area contributed by atoms with Gasteiger partial charge in [0.25, 0.3) is 5.91 Å². The van der Waals surface area contributed by atoms with Crippen LogP contribution in [0.5, 0.6) is 11.5 Å². The molecule has 0 radical (unpaired) electrons. The fourth-order valence-electron chi connectivity index (χ4n) is 2.10. The highest BCUT2D eigenvalue weighted by atomic mass is 16.7. The van der Waals surface area contributed by atoms with Crippen molar-refractivity contribution in [1.29, 1.82) is 0 Å². The number of rotatable bonds is 3. The Balaban J connectivity index is 1.76. The van der Waals surface area contributed by atoms with Gasteiger partial charge in [-0.15, -0.1) is 0 Å². The summed E-state index contributed by atoms with van der Waals surface area (Å²) in [5.41, 5.74) is 6.05. The molecule has 110 valence electrons. The topological polar surface area (TPSA) is 86.7 Å². The Hall–Kier alpha value is -2.47. The molecular weight excluding hydrogens is 272 g/mol. The van der Waals surface area contributed by atoms with Crippen molar-refractivity contribution >= 4 is 11.6 Å². The number of nitrogens with one attached hydrogen (secondary N) is 1. The van der Waals surface area contributed by atoms with Crippen LogP contribution in [-0.4, -0.2) is 11.7 Å². The highest BCUT2D eigenvalue weighted by Gasteiger charge is 2.31. The van der Waals surface area contributed by atoms with E-state index in [1.54, 1.807) is 30.3 Å². The second-order valence-electron chi connectivity index (χ2n) is 5.19. The van der Waals surface area contributed by atoms with Crippen LogP contribution in [-0.2, 0) is 6.54 Å². The minimum atomic E-state index is -0.692. The van der Waals surface area contributed by atoms with Crippen molar-refractivity contribution in [3.05, 3.63) is 41.9 Å². The lowest BCUT2D eigenvalue weighted by Crippen LogP contribution is -2.29. The van der Waals surface area contributed by atoms with Crippen LogP contribution in [0, 0.1) is 0 Å². The van der Waals surface area contributed by atoms with Crippen LogP contribution in [0.4, 0.5) is 5.69 Å². The first-order valence-corrected chi connectivity index (χ1v) is 6.59. The van der Waals surface area contributed by atoms with Crippen molar-refractivity contribution in [2.75, 3.05) is 5.32 Å². The van der Waals surface area contributed by atoms with E-state index >= 15 is 0 Å². The van der Waals surface area contributed by atoms with E-state index in [-0.39, 0.29) is 18.2 Å². The average Bonchev–Trinajstić information content (AvgIpc) is 3.00. The molecule has 2 aromatic rings. The van der Waals surface area contributed by atoms with E-state index in [1.165, 1.54) is 0 Å². The maximum absolute atomic E-state index is 12.1. The van der Waals surface area contributed by atoms with E-state index in [1.807, 2.05) is 13.8 Å². The number of nitrogens with two attached hydrogens (primary N) is 1. The SMILES string of the molecule is CC1(C)Oc2ccc(NC(=O)c3ccc(CN)o3)cc2O1. The summed E-state index contributed by atoms with van der Waals surface area (Å²) < 4.78 is 16.5. The van der Waals surface area contributed by atoms with E-state index in [9.17, 15) is 4.79 Å². The van der Waals surface area contributed by atoms with Gasteiger partial charge in [0.2, 0.25) is 5.79 Å². The number of ether oxygens (including phenoxy) is 2. The van der Waals surface area contributed by atoms with Gasteiger partial charge in [-0.2, -0.15) is 0 Å². The van der Waals surface area contributed by atoms with Crippen LogP contribution in [0.3, 0.4) is 0 Å². The number of benzene rings is 1. The average molecular weight is 288 g/mol. The van der Waals surface area contributed by atoms with E-state index < -0.39 is 5.79 Å². The molecule has 0 atom stereocenters. The molecule has 6 heteroatoms. The molecule has 1 aliphatic heterocycles. The van der Waals surface area contributed by atoms with Crippen molar-refractivity contribution in [3.8, 4) is 11.5 Å². The molecule has 0 saturated heterocycles. The molecule has 3 rings (SSSR count). The van der Waals surface area contributed by atoms with Gasteiger partial charge in [0.1, 0.15) is 5.76 Å². The molecule has 1 aromatic carbocycles. The van der Waals surface area contributed by atoms with E-state index in [2.05, 4.69) is 5.32 Å². The normalized spacial score (nSPS) is 15.0. The molecule has 6 nitrogen and oxygen atoms in total. The molecule has 2 heterocycles. The Morgan fingerprint density at radius 1 is 1.19 bits per heavy atom. The van der Waals surface area contributed by atoms with Crippen molar-refractivity contribution in [3.63, 3.8) is 0 Å². The van der Waals surface area contributed by atoms with Crippen molar-refractivity contribution in [2.24, 2.45) is 5.73 Å². The van der Waals surface area contributed by atoms with Gasteiger partial charge in [0.15, 0.2) is 17.3 Å². The minimum absolute atomic E-state index is 0.216. The first kappa shape index (κ1) is 13.5. The second-order valence-corrected chi connectivity index (χ2v) is 5.19. The summed E-state index contributed by atoms with van der Waals surface area (Å²) in [6.07, 6.45) is 0. The fourth-order valence-corrected chi connectivity index (χ4v) is 2.10. The van der Waals surface area contributed by atoms with Gasteiger partial charge in [0, 0.05) is 25.6 Å². The molecule has 0 bridgehead atoms. The maximum Gasteiger partial charge on any atom is 0.291 e. The third-order valence-corrected chi connectivity index (χ3v) is 3.00. The van der Waals surface area contributed by atoms with Gasteiger partial charge in [-0.3, -0.25) is 4.79 Å². The smallest absolute Gasteiger partial charge is 0.291 e. The maximum atomic E-state index is 12.1. The molecule has 0 saturated carbocycles. The number of carbonyl (C=O) groups is 1. The summed E-state index contributed by atoms with van der Waals surface area (Å²) in [5.74, 6) is 0.998. The standard InChI is InChI=1S/C15H16N2O4/c1-15(2)20-11-5-3-9(7-13(11)21-15)17-14(18)12-6-4-10(8-16)19-12/h3-7H,8,16H2,1-2H3,(H,17,18). The number of furan rings is 1. The van der Waals surface area contributed by atoms with Crippen LogP contribution in [0.15, 0.2) is 34.7 Å². The number of anilines is 1. The minimum Gasteiger partial charge on any atom is -0.455 e. The molecule has 1 aromatic heterocycles. The highest BCUT2D eigenvalue weighted by molar-refractivity contribution is 6.02. The van der Waals surface area contributed by atoms with Gasteiger partial charge in [0.05, 0.1) is 6.54 Å². The van der Waals surface area contributed by atoms with Gasteiger partial charge in [-0.05, 0) is 24.3 Å². The molecule has 1 aliphatic rings. The summed E-state index contributed by atoms with van der Waals surface area (Å²) >= 11 is 0. The molecule has 0 aliphatic carbocycles. The molecule has 0 unspecified atom stereocenters. The summed E-state index contributed by atoms with van der Waals surface area (Å²) in [5, 5.41) is 2.74. The lowest BCUT2D eigenvalue weighted by Gasteiger charge is -2.16. The van der Waals surface area contributed by atoms with E-state index in [0.29, 0.717) is 22.9 Å². The molecule has 21 heavy (non-hydrogen) atoms. The lowest BCUT2D eigenvalue weighted by molar-refractivity contribution is -0.0431. The number of fused-ring (bicyclic) bond motifs is 1. The zero-order chi connectivity index (χ0) is 15.0. The van der Waals surface area contributed by atoms with Crippen LogP contribution in [0.25, 0.3) is 0 Å². The van der Waals surface area contributed by atoms with Gasteiger partial charge in [-0.1, -0.05) is 0 Å². The van der Waals surface area contributed by atoms with Gasteiger partial charge >= 0.3 is 0 Å². The van der Waals surface area contributed by atoms with E-state index in [4.69, 9.17) is 19.6 Å². The number of carbonyl (C=O) groups excluding carboxylic acids is 1. The summed E-state index contributed by atoms with van der Waals surface area (Å²) in [6, 6.07) is 8.49. The number of hydrogen-bond acceptors (Lipinski definition) is 5. The van der Waals surface area contributed by atoms with Gasteiger partial charge in [-0.25, -0.2) is 0 Å². The fraction of sp³-hybridized carbons (Fsp3) is 0.267. The Labute approximate surface area is 121 Å². The zero-order valence-electron chi connectivity index (χ0n) is 11.8. The second kappa shape index (κ2) is 4.82. The van der Waals surface area contributed by atoms with Crippen LogP contribution < -0.4 is 20.5 Å². The predicted molar refractivity (Wildman–Crippen MR) is 76.3 cm³/mol. The van der Waals surface area contributed by atoms with Crippen molar-refractivity contribution < 1.29 is 18.7 Å². The molecule has 0 fully saturated rings. The third-order valence-electron chi connectivity index (χ3n) is 3.00. The monoisotopic (exact) mass is 288 g/mol. The Morgan fingerprint density at radius 3 is 2.67 bits per heavy atom. The summed E-state index contributed by atoms with van der Waals surface area (Å²) in [7, 11) is 0. The first-order valence-electron chi connectivity index (χ1n) is 6.59. The summed E-state index contributed by atoms with van der Waals surface area (Å²) in [4.78, 5) is 12.1. The third kappa shape index (κ3) is 2.71. The molecule has 0 spiro atoms. The number of hydrogen-bond donors (Lipinski definition) is 2. The molecular formula is C15H16N2O4. The lowest BCUT2D eigenvalue weighted by atomic mass is 10.2.